The van der Waals surface area contributed by atoms with Gasteiger partial charge in [-0.05, 0) is 53.6 Å². The average molecular weight is 420 g/mol. The lowest BCUT2D eigenvalue weighted by Gasteiger charge is -2.30. The fraction of sp³-hybridized carbons (Fsp3) is 0.467. The molecule has 0 heterocycles. The molecule has 0 bridgehead atoms. The highest BCUT2D eigenvalue weighted by Gasteiger charge is 2.41. The zero-order valence-electron chi connectivity index (χ0n) is 11.6. The van der Waals surface area contributed by atoms with E-state index in [1.807, 2.05) is 22.6 Å². The molecule has 0 spiro atoms. The number of carbonyl (C=O) groups excluding carboxylic acids is 1. The van der Waals surface area contributed by atoms with Crippen molar-refractivity contribution in [2.24, 2.45) is 11.1 Å². The quantitative estimate of drug-likeness (QED) is 0.442. The third kappa shape index (κ3) is 3.71. The van der Waals surface area contributed by atoms with Gasteiger partial charge in [-0.1, -0.05) is 37.9 Å². The van der Waals surface area contributed by atoms with E-state index < -0.39 is 5.41 Å². The summed E-state index contributed by atoms with van der Waals surface area (Å²) in [6, 6.07) is 4.29. The fourth-order valence-corrected chi connectivity index (χ4v) is 3.66. The first kappa shape index (κ1) is 16.6. The molecule has 3 N–H and O–H groups in total. The Hall–Kier alpha value is -0.760. The van der Waals surface area contributed by atoms with E-state index in [9.17, 15) is 9.18 Å². The van der Waals surface area contributed by atoms with Gasteiger partial charge in [0.15, 0.2) is 0 Å². The molecule has 1 fully saturated rings. The molecule has 1 aromatic rings. The second kappa shape index (κ2) is 7.00. The molecule has 0 aromatic heterocycles. The molecule has 1 aromatic carbocycles. The van der Waals surface area contributed by atoms with Gasteiger partial charge in [-0.15, -0.1) is 0 Å². The Morgan fingerprint density at radius 3 is 2.43 bits per heavy atom. The van der Waals surface area contributed by atoms with Crippen LogP contribution in [-0.2, 0) is 4.79 Å². The van der Waals surface area contributed by atoms with E-state index >= 15 is 0 Å². The zero-order chi connectivity index (χ0) is 15.5. The number of hydrogen-bond acceptors (Lipinski definition) is 2. The van der Waals surface area contributed by atoms with Crippen molar-refractivity contribution in [1.82, 2.24) is 0 Å². The van der Waals surface area contributed by atoms with Crippen LogP contribution in [0.25, 0.3) is 0 Å². The van der Waals surface area contributed by atoms with E-state index in [0.717, 1.165) is 25.7 Å². The molecule has 0 atom stereocenters. The maximum absolute atomic E-state index is 13.1. The smallest absolute Gasteiger partial charge is 0.237 e. The van der Waals surface area contributed by atoms with Gasteiger partial charge in [0.2, 0.25) is 5.91 Å². The number of benzene rings is 1. The standard InChI is InChI=1S/C15H18FIN2OS/c16-10-5-6-12(11(17)9-10)19-14(20)15(13(18)21)7-3-1-2-4-8-15/h5-6,9H,1-4,7-8H2,(H2,18,21)(H,19,20). The van der Waals surface area contributed by atoms with Crippen LogP contribution in [0.1, 0.15) is 38.5 Å². The fourth-order valence-electron chi connectivity index (χ4n) is 2.75. The van der Waals surface area contributed by atoms with Gasteiger partial charge < -0.3 is 11.1 Å². The third-order valence-electron chi connectivity index (χ3n) is 4.04. The minimum Gasteiger partial charge on any atom is -0.392 e. The summed E-state index contributed by atoms with van der Waals surface area (Å²) in [5.41, 5.74) is 5.72. The van der Waals surface area contributed by atoms with Crippen molar-refractivity contribution in [3.8, 4) is 0 Å². The highest BCUT2D eigenvalue weighted by atomic mass is 127. The number of halogens is 2. The number of carbonyl (C=O) groups is 1. The van der Waals surface area contributed by atoms with E-state index in [1.165, 1.54) is 12.1 Å². The van der Waals surface area contributed by atoms with Crippen molar-refractivity contribution in [2.75, 3.05) is 5.32 Å². The van der Waals surface area contributed by atoms with Gasteiger partial charge in [0.05, 0.1) is 16.1 Å². The zero-order valence-corrected chi connectivity index (χ0v) is 14.6. The van der Waals surface area contributed by atoms with E-state index in [-0.39, 0.29) is 16.7 Å². The number of nitrogens with two attached hydrogens (primary N) is 1. The van der Waals surface area contributed by atoms with Gasteiger partial charge in [-0.2, -0.15) is 0 Å². The van der Waals surface area contributed by atoms with Crippen molar-refractivity contribution in [2.45, 2.75) is 38.5 Å². The monoisotopic (exact) mass is 420 g/mol. The third-order valence-corrected chi connectivity index (χ3v) is 5.33. The maximum atomic E-state index is 13.1. The molecular weight excluding hydrogens is 402 g/mol. The number of rotatable bonds is 3. The minimum absolute atomic E-state index is 0.165. The first-order chi connectivity index (χ1) is 9.95. The largest absolute Gasteiger partial charge is 0.392 e. The Morgan fingerprint density at radius 1 is 1.29 bits per heavy atom. The highest BCUT2D eigenvalue weighted by Crippen LogP contribution is 2.37. The molecule has 3 nitrogen and oxygen atoms in total. The van der Waals surface area contributed by atoms with Crippen LogP contribution in [0.5, 0.6) is 0 Å². The number of hydrogen-bond donors (Lipinski definition) is 2. The number of nitrogens with one attached hydrogen (secondary N) is 1. The molecule has 21 heavy (non-hydrogen) atoms. The Kier molecular flexibility index (Phi) is 5.54. The molecule has 1 aliphatic rings. The lowest BCUT2D eigenvalue weighted by atomic mass is 9.79. The van der Waals surface area contributed by atoms with Gasteiger partial charge >= 0.3 is 0 Å². The molecular formula is C15H18FIN2OS. The molecule has 114 valence electrons. The van der Waals surface area contributed by atoms with Crippen LogP contribution in [0.2, 0.25) is 0 Å². The van der Waals surface area contributed by atoms with Crippen LogP contribution in [-0.4, -0.2) is 10.9 Å². The summed E-state index contributed by atoms with van der Waals surface area (Å²) in [5.74, 6) is -0.489. The molecule has 0 radical (unpaired) electrons. The Balaban J connectivity index is 2.24. The van der Waals surface area contributed by atoms with Crippen molar-refractivity contribution in [3.63, 3.8) is 0 Å². The SMILES string of the molecule is NC(=S)C1(C(=O)Nc2ccc(F)cc2I)CCCCCC1. The second-order valence-corrected chi connectivity index (χ2v) is 7.04. The summed E-state index contributed by atoms with van der Waals surface area (Å²) in [4.78, 5) is 13.0. The predicted molar refractivity (Wildman–Crippen MR) is 94.7 cm³/mol. The first-order valence-electron chi connectivity index (χ1n) is 7.02. The Bertz CT molecular complexity index is 557. The van der Waals surface area contributed by atoms with Gasteiger partial charge in [0.1, 0.15) is 5.82 Å². The molecule has 1 amide bonds. The molecule has 1 saturated carbocycles. The summed E-state index contributed by atoms with van der Waals surface area (Å²) in [6.07, 6.45) is 5.48. The number of anilines is 1. The van der Waals surface area contributed by atoms with Crippen molar-refractivity contribution in [3.05, 3.63) is 27.6 Å². The van der Waals surface area contributed by atoms with Crippen LogP contribution < -0.4 is 11.1 Å². The topological polar surface area (TPSA) is 55.1 Å². The summed E-state index contributed by atoms with van der Waals surface area (Å²) in [7, 11) is 0. The van der Waals surface area contributed by atoms with Gasteiger partial charge in [-0.3, -0.25) is 4.79 Å². The normalized spacial score (nSPS) is 17.8. The molecule has 6 heteroatoms. The molecule has 0 saturated heterocycles. The molecule has 1 aliphatic carbocycles. The number of amides is 1. The lowest BCUT2D eigenvalue weighted by Crippen LogP contribution is -2.45. The summed E-state index contributed by atoms with van der Waals surface area (Å²) in [5, 5.41) is 2.88. The minimum atomic E-state index is -0.775. The van der Waals surface area contributed by atoms with Crippen LogP contribution in [0.15, 0.2) is 18.2 Å². The van der Waals surface area contributed by atoms with Crippen LogP contribution in [0.4, 0.5) is 10.1 Å². The molecule has 0 aliphatic heterocycles. The van der Waals surface area contributed by atoms with Gasteiger partial charge in [0, 0.05) is 3.57 Å². The van der Waals surface area contributed by atoms with Gasteiger partial charge in [0.25, 0.3) is 0 Å². The van der Waals surface area contributed by atoms with Crippen molar-refractivity contribution < 1.29 is 9.18 Å². The molecule has 0 unspecified atom stereocenters. The Morgan fingerprint density at radius 2 is 1.90 bits per heavy atom. The van der Waals surface area contributed by atoms with Gasteiger partial charge in [-0.25, -0.2) is 4.39 Å². The van der Waals surface area contributed by atoms with E-state index in [1.54, 1.807) is 6.07 Å². The van der Waals surface area contributed by atoms with E-state index in [0.29, 0.717) is 22.1 Å². The van der Waals surface area contributed by atoms with Crippen LogP contribution >= 0.6 is 34.8 Å². The summed E-state index contributed by atoms with van der Waals surface area (Å²) < 4.78 is 13.8. The van der Waals surface area contributed by atoms with Crippen LogP contribution in [0.3, 0.4) is 0 Å². The van der Waals surface area contributed by atoms with Crippen molar-refractivity contribution in [1.29, 1.82) is 0 Å². The number of thiocarbonyl (C=S) groups is 1. The van der Waals surface area contributed by atoms with E-state index in [4.69, 9.17) is 18.0 Å². The van der Waals surface area contributed by atoms with Crippen molar-refractivity contribution >= 4 is 51.4 Å². The molecule has 2 rings (SSSR count). The maximum Gasteiger partial charge on any atom is 0.237 e. The average Bonchev–Trinajstić information content (AvgIpc) is 2.68. The predicted octanol–water partition coefficient (Wildman–Crippen LogP) is 4.00. The summed E-state index contributed by atoms with van der Waals surface area (Å²) >= 11 is 7.19. The first-order valence-corrected chi connectivity index (χ1v) is 8.51. The summed E-state index contributed by atoms with van der Waals surface area (Å²) in [6.45, 7) is 0. The second-order valence-electron chi connectivity index (χ2n) is 5.44. The van der Waals surface area contributed by atoms with E-state index in [2.05, 4.69) is 5.32 Å². The lowest BCUT2D eigenvalue weighted by molar-refractivity contribution is -0.122. The Labute approximate surface area is 143 Å². The highest BCUT2D eigenvalue weighted by molar-refractivity contribution is 14.1. The van der Waals surface area contributed by atoms with Crippen LogP contribution in [0, 0.1) is 14.8 Å².